The minimum atomic E-state index is -0.246. The van der Waals surface area contributed by atoms with Crippen LogP contribution in [0, 0.1) is 5.82 Å². The molecule has 0 saturated carbocycles. The van der Waals surface area contributed by atoms with Crippen LogP contribution >= 0.6 is 0 Å². The number of fused-ring (bicyclic) bond motifs is 1. The minimum Gasteiger partial charge on any atom is -0.285 e. The topological polar surface area (TPSA) is 46.8 Å². The molecule has 1 aromatic heterocycles. The van der Waals surface area contributed by atoms with Gasteiger partial charge in [0.05, 0.1) is 12.6 Å². The molecule has 0 bridgehead atoms. The molecule has 3 aromatic carbocycles. The molecule has 0 radical (unpaired) electrons. The largest absolute Gasteiger partial charge is 0.285 e. The van der Waals surface area contributed by atoms with E-state index >= 15 is 0 Å². The molecule has 5 nitrogen and oxygen atoms in total. The molecular formula is C24H22FN5. The summed E-state index contributed by atoms with van der Waals surface area (Å²) >= 11 is 0. The predicted molar refractivity (Wildman–Crippen MR) is 112 cm³/mol. The van der Waals surface area contributed by atoms with Crippen molar-refractivity contribution in [1.82, 2.24) is 25.1 Å². The van der Waals surface area contributed by atoms with E-state index in [1.807, 2.05) is 22.9 Å². The highest BCUT2D eigenvalue weighted by Crippen LogP contribution is 2.32. The number of halogens is 1. The van der Waals surface area contributed by atoms with Gasteiger partial charge in [-0.25, -0.2) is 9.07 Å². The summed E-state index contributed by atoms with van der Waals surface area (Å²) in [6.45, 7) is 2.27. The van der Waals surface area contributed by atoms with E-state index in [1.165, 1.54) is 23.3 Å². The second-order valence-electron chi connectivity index (χ2n) is 7.62. The van der Waals surface area contributed by atoms with E-state index in [2.05, 4.69) is 56.8 Å². The highest BCUT2D eigenvalue weighted by Gasteiger charge is 2.30. The first-order valence-electron chi connectivity index (χ1n) is 10.1. The van der Waals surface area contributed by atoms with Crippen molar-refractivity contribution < 1.29 is 4.39 Å². The quantitative estimate of drug-likeness (QED) is 0.509. The third-order valence-electron chi connectivity index (χ3n) is 5.69. The molecule has 0 saturated heterocycles. The van der Waals surface area contributed by atoms with Crippen LogP contribution in [0.25, 0.3) is 0 Å². The Morgan fingerprint density at radius 3 is 2.40 bits per heavy atom. The molecule has 0 spiro atoms. The Bertz CT molecular complexity index is 1120. The lowest BCUT2D eigenvalue weighted by molar-refractivity contribution is 0.195. The zero-order valence-electron chi connectivity index (χ0n) is 16.5. The molecule has 30 heavy (non-hydrogen) atoms. The van der Waals surface area contributed by atoms with Crippen molar-refractivity contribution >= 4 is 0 Å². The molecule has 0 fully saturated rings. The van der Waals surface area contributed by atoms with Gasteiger partial charge >= 0.3 is 0 Å². The van der Waals surface area contributed by atoms with Crippen molar-refractivity contribution in [3.8, 4) is 0 Å². The predicted octanol–water partition coefficient (Wildman–Crippen LogP) is 4.01. The molecule has 4 aromatic rings. The third-order valence-corrected chi connectivity index (χ3v) is 5.69. The van der Waals surface area contributed by atoms with Crippen LogP contribution in [0.5, 0.6) is 0 Å². The summed E-state index contributed by atoms with van der Waals surface area (Å²) in [5.41, 5.74) is 4.88. The first-order chi connectivity index (χ1) is 14.8. The molecule has 2 heterocycles. The van der Waals surface area contributed by atoms with Gasteiger partial charge in [-0.05, 0) is 51.2 Å². The highest BCUT2D eigenvalue weighted by molar-refractivity contribution is 5.32. The molecular weight excluding hydrogens is 377 g/mol. The lowest BCUT2D eigenvalue weighted by Gasteiger charge is -2.35. The summed E-state index contributed by atoms with van der Waals surface area (Å²) in [7, 11) is 0. The number of aromatic nitrogens is 4. The van der Waals surface area contributed by atoms with Crippen molar-refractivity contribution in [2.24, 2.45) is 0 Å². The van der Waals surface area contributed by atoms with E-state index in [0.29, 0.717) is 6.54 Å². The van der Waals surface area contributed by atoms with Crippen LogP contribution in [0.3, 0.4) is 0 Å². The number of benzene rings is 3. The second-order valence-corrected chi connectivity index (χ2v) is 7.62. The van der Waals surface area contributed by atoms with Gasteiger partial charge < -0.3 is 0 Å². The molecule has 6 heteroatoms. The van der Waals surface area contributed by atoms with Crippen LogP contribution in [0.2, 0.25) is 0 Å². The minimum absolute atomic E-state index is 0.0602. The molecule has 0 N–H and O–H groups in total. The fraction of sp³-hybridized carbons (Fsp3) is 0.208. The van der Waals surface area contributed by atoms with Gasteiger partial charge in [0.1, 0.15) is 5.82 Å². The number of hydrogen-bond donors (Lipinski definition) is 0. The zero-order chi connectivity index (χ0) is 20.3. The van der Waals surface area contributed by atoms with E-state index in [-0.39, 0.29) is 11.9 Å². The fourth-order valence-corrected chi connectivity index (χ4v) is 4.18. The number of tetrazole rings is 1. The van der Waals surface area contributed by atoms with E-state index in [4.69, 9.17) is 0 Å². The zero-order valence-corrected chi connectivity index (χ0v) is 16.5. The monoisotopic (exact) mass is 399 g/mol. The van der Waals surface area contributed by atoms with Crippen molar-refractivity contribution in [2.45, 2.75) is 25.6 Å². The summed E-state index contributed by atoms with van der Waals surface area (Å²) in [6.07, 6.45) is 0.999. The number of hydrogen-bond acceptors (Lipinski definition) is 4. The van der Waals surface area contributed by atoms with E-state index in [9.17, 15) is 4.39 Å². The van der Waals surface area contributed by atoms with Crippen molar-refractivity contribution in [3.05, 3.63) is 113 Å². The Morgan fingerprint density at radius 1 is 0.867 bits per heavy atom. The maximum absolute atomic E-state index is 13.3. The summed E-state index contributed by atoms with van der Waals surface area (Å²) in [5.74, 6) is 0.551. The van der Waals surface area contributed by atoms with Crippen LogP contribution in [0.15, 0.2) is 78.9 Å². The summed E-state index contributed by atoms with van der Waals surface area (Å²) in [6, 6.07) is 25.4. The SMILES string of the molecule is Fc1ccc(Cn2nnnc2[C@@H](c2ccccc2)N2CCc3ccccc3C2)cc1. The highest BCUT2D eigenvalue weighted by atomic mass is 19.1. The van der Waals surface area contributed by atoms with Crippen LogP contribution in [0.4, 0.5) is 4.39 Å². The average molecular weight is 399 g/mol. The Balaban J connectivity index is 1.51. The molecule has 0 aliphatic carbocycles. The van der Waals surface area contributed by atoms with Gasteiger partial charge in [0, 0.05) is 13.1 Å². The Morgan fingerprint density at radius 2 is 1.60 bits per heavy atom. The molecule has 5 rings (SSSR count). The van der Waals surface area contributed by atoms with Gasteiger partial charge in [-0.2, -0.15) is 0 Å². The van der Waals surface area contributed by atoms with E-state index in [0.717, 1.165) is 36.5 Å². The van der Waals surface area contributed by atoms with Crippen LogP contribution in [-0.2, 0) is 19.5 Å². The maximum Gasteiger partial charge on any atom is 0.173 e. The van der Waals surface area contributed by atoms with Crippen LogP contribution in [-0.4, -0.2) is 31.7 Å². The second kappa shape index (κ2) is 8.16. The first kappa shape index (κ1) is 18.6. The van der Waals surface area contributed by atoms with Crippen LogP contribution < -0.4 is 0 Å². The van der Waals surface area contributed by atoms with E-state index < -0.39 is 0 Å². The number of rotatable bonds is 5. The fourth-order valence-electron chi connectivity index (χ4n) is 4.18. The lowest BCUT2D eigenvalue weighted by Crippen LogP contribution is -2.36. The Kier molecular flexibility index (Phi) is 5.07. The molecule has 1 aliphatic rings. The maximum atomic E-state index is 13.3. The van der Waals surface area contributed by atoms with Crippen molar-refractivity contribution in [3.63, 3.8) is 0 Å². The molecule has 150 valence electrons. The van der Waals surface area contributed by atoms with Crippen molar-refractivity contribution in [1.29, 1.82) is 0 Å². The van der Waals surface area contributed by atoms with Crippen molar-refractivity contribution in [2.75, 3.05) is 6.54 Å². The Hall–Kier alpha value is -3.38. The third kappa shape index (κ3) is 3.74. The Labute approximate surface area is 174 Å². The lowest BCUT2D eigenvalue weighted by atomic mass is 9.96. The molecule has 1 atom stereocenters. The number of nitrogens with zero attached hydrogens (tertiary/aromatic N) is 5. The normalized spacial score (nSPS) is 15.0. The molecule has 0 unspecified atom stereocenters. The smallest absolute Gasteiger partial charge is 0.173 e. The molecule has 0 amide bonds. The van der Waals surface area contributed by atoms with Gasteiger partial charge in [-0.15, -0.1) is 5.10 Å². The van der Waals surface area contributed by atoms with Crippen LogP contribution in [0.1, 0.15) is 34.1 Å². The first-order valence-corrected chi connectivity index (χ1v) is 10.1. The summed E-state index contributed by atoms with van der Waals surface area (Å²) in [4.78, 5) is 2.44. The molecule has 1 aliphatic heterocycles. The summed E-state index contributed by atoms with van der Waals surface area (Å²) in [5, 5.41) is 12.7. The van der Waals surface area contributed by atoms with Gasteiger partial charge in [-0.3, -0.25) is 4.90 Å². The summed E-state index contributed by atoms with van der Waals surface area (Å²) < 4.78 is 15.1. The van der Waals surface area contributed by atoms with E-state index in [1.54, 1.807) is 12.1 Å². The average Bonchev–Trinajstić information content (AvgIpc) is 3.24. The van der Waals surface area contributed by atoms with Gasteiger partial charge in [0.2, 0.25) is 0 Å². The van der Waals surface area contributed by atoms with Gasteiger partial charge in [-0.1, -0.05) is 66.7 Å². The van der Waals surface area contributed by atoms with Gasteiger partial charge in [0.25, 0.3) is 0 Å². The standard InChI is InChI=1S/C24H22FN5/c25-22-12-10-18(11-13-22)16-30-24(26-27-28-30)23(20-7-2-1-3-8-20)29-15-14-19-6-4-5-9-21(19)17-29/h1-13,23H,14-17H2/t23-/m1/s1. The van der Waals surface area contributed by atoms with Gasteiger partial charge in [0.15, 0.2) is 5.82 Å².